The van der Waals surface area contributed by atoms with Gasteiger partial charge in [0.2, 0.25) is 0 Å². The molecular weight excluding hydrogens is 345 g/mol. The van der Waals surface area contributed by atoms with E-state index in [1.807, 2.05) is 18.2 Å². The van der Waals surface area contributed by atoms with Crippen LogP contribution in [0.5, 0.6) is 5.75 Å². The molecule has 1 heterocycles. The molecule has 1 aliphatic rings. The molecule has 4 heteroatoms. The molecule has 2 nitrogen and oxygen atoms in total. The third-order valence-electron chi connectivity index (χ3n) is 4.21. The number of nitrogens with zero attached hydrogens (tertiary/aromatic N) is 1. The molecule has 0 aromatic heterocycles. The van der Waals surface area contributed by atoms with Crippen molar-refractivity contribution < 1.29 is 9.13 Å². The highest BCUT2D eigenvalue weighted by molar-refractivity contribution is 9.10. The van der Waals surface area contributed by atoms with Gasteiger partial charge in [0.1, 0.15) is 11.6 Å². The summed E-state index contributed by atoms with van der Waals surface area (Å²) in [6.45, 7) is 1.83. The summed E-state index contributed by atoms with van der Waals surface area (Å²) < 4.78 is 20.0. The lowest BCUT2D eigenvalue weighted by Crippen LogP contribution is -2.23. The molecule has 0 aliphatic carbocycles. The maximum absolute atomic E-state index is 13.5. The van der Waals surface area contributed by atoms with Gasteiger partial charge in [-0.3, -0.25) is 4.90 Å². The lowest BCUT2D eigenvalue weighted by atomic mass is 10.0. The molecule has 2 aromatic rings. The lowest BCUT2D eigenvalue weighted by molar-refractivity contribution is 0.244. The van der Waals surface area contributed by atoms with Gasteiger partial charge >= 0.3 is 0 Å². The number of rotatable bonds is 4. The maximum atomic E-state index is 13.5. The van der Waals surface area contributed by atoms with E-state index in [-0.39, 0.29) is 11.9 Å². The number of hydrogen-bond acceptors (Lipinski definition) is 2. The fraction of sp³-hybridized carbons (Fsp3) is 0.333. The highest BCUT2D eigenvalue weighted by Crippen LogP contribution is 2.35. The predicted molar refractivity (Wildman–Crippen MR) is 89.5 cm³/mol. The second-order valence-electron chi connectivity index (χ2n) is 5.64. The van der Waals surface area contributed by atoms with Crippen LogP contribution in [0.15, 0.2) is 46.9 Å². The van der Waals surface area contributed by atoms with Crippen molar-refractivity contribution in [1.29, 1.82) is 0 Å². The van der Waals surface area contributed by atoms with Crippen LogP contribution in [0, 0.1) is 5.82 Å². The molecule has 1 aliphatic heterocycles. The van der Waals surface area contributed by atoms with Gasteiger partial charge in [0.05, 0.1) is 7.11 Å². The Morgan fingerprint density at radius 2 is 2.14 bits per heavy atom. The van der Waals surface area contributed by atoms with Gasteiger partial charge < -0.3 is 4.74 Å². The summed E-state index contributed by atoms with van der Waals surface area (Å²) in [4.78, 5) is 2.40. The van der Waals surface area contributed by atoms with Gasteiger partial charge in [0, 0.05) is 22.6 Å². The number of ether oxygens (including phenoxy) is 1. The highest BCUT2D eigenvalue weighted by atomic mass is 79.9. The molecule has 0 saturated carbocycles. The van der Waals surface area contributed by atoms with Crippen molar-refractivity contribution in [2.75, 3.05) is 13.7 Å². The SMILES string of the molecule is COc1ccc(Br)cc1CN1CCCC1c1cccc(F)c1. The Balaban J connectivity index is 1.84. The van der Waals surface area contributed by atoms with E-state index in [1.165, 1.54) is 6.07 Å². The summed E-state index contributed by atoms with van der Waals surface area (Å²) in [5.41, 5.74) is 2.21. The molecule has 0 amide bonds. The summed E-state index contributed by atoms with van der Waals surface area (Å²) in [5.74, 6) is 0.734. The summed E-state index contributed by atoms with van der Waals surface area (Å²) in [5, 5.41) is 0. The monoisotopic (exact) mass is 363 g/mol. The Kier molecular flexibility index (Phi) is 4.79. The van der Waals surface area contributed by atoms with Crippen molar-refractivity contribution in [2.24, 2.45) is 0 Å². The van der Waals surface area contributed by atoms with Gasteiger partial charge in [-0.05, 0) is 55.3 Å². The molecule has 0 bridgehead atoms. The smallest absolute Gasteiger partial charge is 0.123 e. The fourth-order valence-corrected chi connectivity index (χ4v) is 3.60. The van der Waals surface area contributed by atoms with E-state index < -0.39 is 0 Å². The van der Waals surface area contributed by atoms with Gasteiger partial charge in [0.15, 0.2) is 0 Å². The van der Waals surface area contributed by atoms with Crippen molar-refractivity contribution in [3.05, 3.63) is 63.9 Å². The normalized spacial score (nSPS) is 18.6. The van der Waals surface area contributed by atoms with Crippen molar-refractivity contribution in [3.8, 4) is 5.75 Å². The molecule has 2 aromatic carbocycles. The molecule has 0 radical (unpaired) electrons. The van der Waals surface area contributed by atoms with Crippen molar-refractivity contribution in [1.82, 2.24) is 4.90 Å². The van der Waals surface area contributed by atoms with Crippen LogP contribution in [-0.4, -0.2) is 18.6 Å². The van der Waals surface area contributed by atoms with Crippen LogP contribution < -0.4 is 4.74 Å². The third kappa shape index (κ3) is 3.33. The van der Waals surface area contributed by atoms with Crippen LogP contribution in [0.3, 0.4) is 0 Å². The van der Waals surface area contributed by atoms with Crippen LogP contribution in [0.1, 0.15) is 30.0 Å². The number of methoxy groups -OCH3 is 1. The van der Waals surface area contributed by atoms with E-state index in [0.717, 1.165) is 47.3 Å². The minimum absolute atomic E-state index is 0.163. The zero-order chi connectivity index (χ0) is 15.5. The average molecular weight is 364 g/mol. The molecule has 22 heavy (non-hydrogen) atoms. The Morgan fingerprint density at radius 3 is 2.91 bits per heavy atom. The molecule has 116 valence electrons. The standard InChI is InChI=1S/C18H19BrFNO/c1-22-18-8-7-15(19)10-14(18)12-21-9-3-6-17(21)13-4-2-5-16(20)11-13/h2,4-5,7-8,10-11,17H,3,6,9,12H2,1H3. The van der Waals surface area contributed by atoms with Gasteiger partial charge in [-0.1, -0.05) is 28.1 Å². The molecular formula is C18H19BrFNO. The number of halogens is 2. The largest absolute Gasteiger partial charge is 0.496 e. The zero-order valence-electron chi connectivity index (χ0n) is 12.6. The first-order chi connectivity index (χ1) is 10.7. The highest BCUT2D eigenvalue weighted by Gasteiger charge is 2.27. The first-order valence-corrected chi connectivity index (χ1v) is 8.28. The Labute approximate surface area is 139 Å². The fourth-order valence-electron chi connectivity index (χ4n) is 3.20. The Morgan fingerprint density at radius 1 is 1.27 bits per heavy atom. The molecule has 0 spiro atoms. The number of likely N-dealkylation sites (tertiary alicyclic amines) is 1. The van der Waals surface area contributed by atoms with E-state index >= 15 is 0 Å². The Bertz CT molecular complexity index is 661. The van der Waals surface area contributed by atoms with Crippen LogP contribution in [0.2, 0.25) is 0 Å². The van der Waals surface area contributed by atoms with E-state index in [9.17, 15) is 4.39 Å². The lowest BCUT2D eigenvalue weighted by Gasteiger charge is -2.25. The molecule has 0 N–H and O–H groups in total. The van der Waals surface area contributed by atoms with Gasteiger partial charge in [-0.15, -0.1) is 0 Å². The second-order valence-corrected chi connectivity index (χ2v) is 6.56. The molecule has 1 unspecified atom stereocenters. The first-order valence-electron chi connectivity index (χ1n) is 7.49. The molecule has 1 atom stereocenters. The van der Waals surface area contributed by atoms with E-state index in [2.05, 4.69) is 26.9 Å². The van der Waals surface area contributed by atoms with Gasteiger partial charge in [-0.2, -0.15) is 0 Å². The zero-order valence-corrected chi connectivity index (χ0v) is 14.1. The Hall–Kier alpha value is -1.39. The van der Waals surface area contributed by atoms with Crippen molar-refractivity contribution >= 4 is 15.9 Å². The van der Waals surface area contributed by atoms with Crippen molar-refractivity contribution in [3.63, 3.8) is 0 Å². The maximum Gasteiger partial charge on any atom is 0.123 e. The minimum atomic E-state index is -0.163. The molecule has 1 fully saturated rings. The summed E-state index contributed by atoms with van der Waals surface area (Å²) in [6, 6.07) is 13.3. The molecule has 3 rings (SSSR count). The molecule has 1 saturated heterocycles. The van der Waals surface area contributed by atoms with Crippen molar-refractivity contribution in [2.45, 2.75) is 25.4 Å². The van der Waals surface area contributed by atoms with E-state index in [1.54, 1.807) is 19.2 Å². The van der Waals surface area contributed by atoms with Gasteiger partial charge in [0.25, 0.3) is 0 Å². The van der Waals surface area contributed by atoms with E-state index in [0.29, 0.717) is 0 Å². The summed E-state index contributed by atoms with van der Waals surface area (Å²) >= 11 is 3.52. The van der Waals surface area contributed by atoms with Crippen LogP contribution >= 0.6 is 15.9 Å². The number of benzene rings is 2. The van der Waals surface area contributed by atoms with Crippen LogP contribution in [0.25, 0.3) is 0 Å². The third-order valence-corrected chi connectivity index (χ3v) is 4.71. The predicted octanol–water partition coefficient (Wildman–Crippen LogP) is 4.93. The summed E-state index contributed by atoms with van der Waals surface area (Å²) in [6.07, 6.45) is 2.21. The van der Waals surface area contributed by atoms with E-state index in [4.69, 9.17) is 4.74 Å². The topological polar surface area (TPSA) is 12.5 Å². The first kappa shape index (κ1) is 15.5. The number of hydrogen-bond donors (Lipinski definition) is 0. The van der Waals surface area contributed by atoms with Crippen LogP contribution in [0.4, 0.5) is 4.39 Å². The quantitative estimate of drug-likeness (QED) is 0.763. The van der Waals surface area contributed by atoms with Crippen LogP contribution in [-0.2, 0) is 6.54 Å². The summed E-state index contributed by atoms with van der Waals surface area (Å²) in [7, 11) is 1.70. The minimum Gasteiger partial charge on any atom is -0.496 e. The average Bonchev–Trinajstić information content (AvgIpc) is 2.96. The second kappa shape index (κ2) is 6.80. The van der Waals surface area contributed by atoms with Gasteiger partial charge in [-0.25, -0.2) is 4.39 Å².